The van der Waals surface area contributed by atoms with Crippen molar-refractivity contribution in [2.45, 2.75) is 76.2 Å². The number of piperazine rings is 2. The van der Waals surface area contributed by atoms with E-state index in [4.69, 9.17) is 4.74 Å². The van der Waals surface area contributed by atoms with Gasteiger partial charge < -0.3 is 24.3 Å². The van der Waals surface area contributed by atoms with Crippen molar-refractivity contribution in [1.82, 2.24) is 9.80 Å². The van der Waals surface area contributed by atoms with Gasteiger partial charge in [0.15, 0.2) is 0 Å². The van der Waals surface area contributed by atoms with E-state index < -0.39 is 29.6 Å². The number of alkyl halides is 6. The Morgan fingerprint density at radius 1 is 0.593 bits per heavy atom. The molecule has 0 N–H and O–H groups in total. The maximum atomic E-state index is 13.1. The number of esters is 1. The molecule has 2 aliphatic heterocycles. The van der Waals surface area contributed by atoms with Crippen molar-refractivity contribution >= 4 is 40.5 Å². The highest BCUT2D eigenvalue weighted by Crippen LogP contribution is 2.33. The Hall–Kier alpha value is -4.27. The van der Waals surface area contributed by atoms with Gasteiger partial charge in [-0.3, -0.25) is 14.4 Å². The Morgan fingerprint density at radius 2 is 1.04 bits per heavy atom. The average Bonchev–Trinajstić information content (AvgIpc) is 3.71. The molecule has 2 fully saturated rings. The minimum Gasteiger partial charge on any atom is -0.457 e. The molecule has 2 aliphatic rings. The van der Waals surface area contributed by atoms with Crippen LogP contribution in [0.25, 0.3) is 0 Å². The first-order valence-corrected chi connectivity index (χ1v) is 19.3. The lowest BCUT2D eigenvalue weighted by Crippen LogP contribution is -2.48. The average molecular weight is 781 g/mol. The zero-order valence-corrected chi connectivity index (χ0v) is 30.9. The number of nitrogens with zero attached hydrogens (tertiary/aromatic N) is 4. The van der Waals surface area contributed by atoms with Crippen molar-refractivity contribution in [3.8, 4) is 0 Å². The highest BCUT2D eigenvalue weighted by molar-refractivity contribution is 7.10. The molecule has 54 heavy (non-hydrogen) atoms. The van der Waals surface area contributed by atoms with Crippen LogP contribution in [0.3, 0.4) is 0 Å². The van der Waals surface area contributed by atoms with E-state index in [-0.39, 0.29) is 30.6 Å². The maximum Gasteiger partial charge on any atom is 0.416 e. The van der Waals surface area contributed by atoms with E-state index in [1.54, 1.807) is 9.80 Å². The summed E-state index contributed by atoms with van der Waals surface area (Å²) >= 11 is 1.46. The van der Waals surface area contributed by atoms with Crippen molar-refractivity contribution in [3.63, 3.8) is 0 Å². The SMILES string of the molecule is O=C(CCCCCCCC(=O)N1CCN(c2ccc(C(F)(F)F)cc2)CC1)OC(CCC(=O)N1CCN(c2ccc(C(F)(F)F)cc2)CC1)c1cccs1. The summed E-state index contributed by atoms with van der Waals surface area (Å²) in [4.78, 5) is 47.0. The number of hydrogen-bond acceptors (Lipinski definition) is 7. The molecule has 2 aromatic carbocycles. The van der Waals surface area contributed by atoms with E-state index in [1.807, 2.05) is 27.3 Å². The van der Waals surface area contributed by atoms with E-state index in [0.29, 0.717) is 83.0 Å². The third kappa shape index (κ3) is 11.9. The van der Waals surface area contributed by atoms with Crippen LogP contribution in [0, 0.1) is 0 Å². The van der Waals surface area contributed by atoms with Gasteiger partial charge in [-0.1, -0.05) is 25.3 Å². The minimum absolute atomic E-state index is 0.0569. The first-order chi connectivity index (χ1) is 25.8. The molecule has 2 saturated heterocycles. The summed E-state index contributed by atoms with van der Waals surface area (Å²) in [6.45, 7) is 4.07. The Morgan fingerprint density at radius 3 is 1.48 bits per heavy atom. The third-order valence-electron chi connectivity index (χ3n) is 9.91. The number of carbonyl (C=O) groups is 3. The molecular formula is C39H46F6N4O4S. The van der Waals surface area contributed by atoms with Gasteiger partial charge in [0.25, 0.3) is 0 Å². The molecule has 0 bridgehead atoms. The lowest BCUT2D eigenvalue weighted by Gasteiger charge is -2.36. The highest BCUT2D eigenvalue weighted by atomic mass is 32.1. The zero-order chi connectivity index (χ0) is 38.7. The molecule has 5 rings (SSSR count). The van der Waals surface area contributed by atoms with E-state index in [0.717, 1.165) is 54.8 Å². The van der Waals surface area contributed by atoms with Gasteiger partial charge in [-0.05, 0) is 79.2 Å². The monoisotopic (exact) mass is 780 g/mol. The molecule has 0 saturated carbocycles. The molecule has 15 heteroatoms. The van der Waals surface area contributed by atoms with Gasteiger partial charge in [0.05, 0.1) is 11.1 Å². The largest absolute Gasteiger partial charge is 0.457 e. The van der Waals surface area contributed by atoms with Crippen LogP contribution in [0.15, 0.2) is 66.0 Å². The first-order valence-electron chi connectivity index (χ1n) is 18.4. The number of unbranched alkanes of at least 4 members (excludes halogenated alkanes) is 4. The summed E-state index contributed by atoms with van der Waals surface area (Å²) in [7, 11) is 0. The predicted molar refractivity (Wildman–Crippen MR) is 195 cm³/mol. The second kappa shape index (κ2) is 18.9. The molecule has 3 aromatic rings. The van der Waals surface area contributed by atoms with Crippen molar-refractivity contribution in [1.29, 1.82) is 0 Å². The molecule has 1 aromatic heterocycles. The number of carbonyl (C=O) groups excluding carboxylic acids is 3. The normalized spacial score (nSPS) is 16.0. The van der Waals surface area contributed by atoms with E-state index >= 15 is 0 Å². The van der Waals surface area contributed by atoms with Gasteiger partial charge >= 0.3 is 18.3 Å². The van der Waals surface area contributed by atoms with Crippen LogP contribution in [0.2, 0.25) is 0 Å². The van der Waals surface area contributed by atoms with Crippen molar-refractivity contribution < 1.29 is 45.5 Å². The fourth-order valence-electron chi connectivity index (χ4n) is 6.75. The third-order valence-corrected chi connectivity index (χ3v) is 10.9. The lowest BCUT2D eigenvalue weighted by molar-refractivity contribution is -0.151. The maximum absolute atomic E-state index is 13.1. The number of benzene rings is 2. The van der Waals surface area contributed by atoms with E-state index in [9.17, 15) is 40.7 Å². The van der Waals surface area contributed by atoms with Crippen LogP contribution >= 0.6 is 11.3 Å². The second-order valence-corrected chi connectivity index (χ2v) is 14.6. The molecule has 2 amide bonds. The Kier molecular flexibility index (Phi) is 14.3. The Labute approximate surface area is 315 Å². The molecule has 8 nitrogen and oxygen atoms in total. The molecular weight excluding hydrogens is 735 g/mol. The molecule has 0 aliphatic carbocycles. The summed E-state index contributed by atoms with van der Waals surface area (Å²) in [5.41, 5.74) is 0.0115. The van der Waals surface area contributed by atoms with Gasteiger partial charge in [-0.25, -0.2) is 0 Å². The fourth-order valence-corrected chi connectivity index (χ4v) is 7.54. The lowest BCUT2D eigenvalue weighted by atomic mass is 10.1. The fraction of sp³-hybridized carbons (Fsp3) is 0.513. The quantitative estimate of drug-likeness (QED) is 0.0875. The van der Waals surface area contributed by atoms with Crippen LogP contribution in [0.1, 0.15) is 79.9 Å². The number of rotatable bonds is 15. The molecule has 0 spiro atoms. The molecule has 1 atom stereocenters. The zero-order valence-electron chi connectivity index (χ0n) is 30.0. The van der Waals surface area contributed by atoms with Crippen LogP contribution < -0.4 is 9.80 Å². The smallest absolute Gasteiger partial charge is 0.416 e. The molecule has 1 unspecified atom stereocenters. The van der Waals surface area contributed by atoms with Crippen LogP contribution in [0.5, 0.6) is 0 Å². The topological polar surface area (TPSA) is 73.4 Å². The molecule has 3 heterocycles. The summed E-state index contributed by atoms with van der Waals surface area (Å²) in [6.07, 6.45) is -4.13. The number of anilines is 2. The van der Waals surface area contributed by atoms with Gasteiger partial charge in [-0.2, -0.15) is 26.3 Å². The summed E-state index contributed by atoms with van der Waals surface area (Å²) in [5.74, 6) is -0.306. The Bertz CT molecular complexity index is 1640. The van der Waals surface area contributed by atoms with Gasteiger partial charge in [-0.15, -0.1) is 11.3 Å². The minimum atomic E-state index is -4.39. The van der Waals surface area contributed by atoms with Crippen LogP contribution in [0.4, 0.5) is 37.7 Å². The standard InChI is InChI=1S/C39H46F6N4O4S/c40-38(41,42)29-10-14-31(15-11-29)46-20-24-48(25-21-46)35(50)8-4-2-1-3-5-9-37(52)53-33(34-7-6-28-54-34)18-19-36(51)49-26-22-47(23-27-49)32-16-12-30(13-17-32)39(43,44)45/h6-7,10-17,28,33H,1-5,8-9,18-27H2. The van der Waals surface area contributed by atoms with Crippen molar-refractivity contribution in [3.05, 3.63) is 82.0 Å². The molecule has 0 radical (unpaired) electrons. The molecule has 294 valence electrons. The van der Waals surface area contributed by atoms with E-state index in [1.165, 1.54) is 35.6 Å². The number of amides is 2. The van der Waals surface area contributed by atoms with Crippen LogP contribution in [-0.2, 0) is 31.5 Å². The predicted octanol–water partition coefficient (Wildman–Crippen LogP) is 8.58. The van der Waals surface area contributed by atoms with E-state index in [2.05, 4.69) is 0 Å². The second-order valence-electron chi connectivity index (χ2n) is 13.6. The number of ether oxygens (including phenoxy) is 1. The van der Waals surface area contributed by atoms with Crippen molar-refractivity contribution in [2.75, 3.05) is 62.2 Å². The Balaban J connectivity index is 0.938. The summed E-state index contributed by atoms with van der Waals surface area (Å²) in [6, 6.07) is 13.9. The van der Waals surface area contributed by atoms with Crippen LogP contribution in [-0.4, -0.2) is 79.9 Å². The van der Waals surface area contributed by atoms with Crippen molar-refractivity contribution in [2.24, 2.45) is 0 Å². The number of hydrogen-bond donors (Lipinski definition) is 0. The summed E-state index contributed by atoms with van der Waals surface area (Å²) in [5, 5.41) is 1.90. The van der Waals surface area contributed by atoms with Gasteiger partial charge in [0, 0.05) is 87.9 Å². The van der Waals surface area contributed by atoms with Gasteiger partial charge in [0.1, 0.15) is 6.10 Å². The first kappa shape index (κ1) is 40.9. The number of halogens is 6. The number of thiophene rings is 1. The van der Waals surface area contributed by atoms with Gasteiger partial charge in [0.2, 0.25) is 11.8 Å². The highest BCUT2D eigenvalue weighted by Gasteiger charge is 2.32. The summed E-state index contributed by atoms with van der Waals surface area (Å²) < 4.78 is 83.2.